The Hall–Kier alpha value is -3.91. The fourth-order valence-electron chi connectivity index (χ4n) is 3.89. The number of rotatable bonds is 6. The highest BCUT2D eigenvalue weighted by atomic mass is 16.5. The summed E-state index contributed by atoms with van der Waals surface area (Å²) in [7, 11) is 1.58. The first-order valence-corrected chi connectivity index (χ1v) is 10.6. The molecule has 0 saturated carbocycles. The molecule has 8 heteroatoms. The van der Waals surface area contributed by atoms with Crippen molar-refractivity contribution < 1.29 is 9.53 Å². The summed E-state index contributed by atoms with van der Waals surface area (Å²) in [5, 5.41) is 10.7. The summed E-state index contributed by atoms with van der Waals surface area (Å²) in [6.45, 7) is 1.73. The van der Waals surface area contributed by atoms with Gasteiger partial charge in [-0.2, -0.15) is 0 Å². The number of ether oxygens (including phenoxy) is 1. The molecule has 4 N–H and O–H groups in total. The molecule has 0 bridgehead atoms. The number of para-hydroxylation sites is 1. The van der Waals surface area contributed by atoms with Crippen molar-refractivity contribution in [1.29, 1.82) is 0 Å². The summed E-state index contributed by atoms with van der Waals surface area (Å²) >= 11 is 0. The minimum atomic E-state index is -0.107. The maximum atomic E-state index is 12.6. The number of aromatic amines is 1. The molecule has 0 radical (unpaired) electrons. The molecule has 1 unspecified atom stereocenters. The molecule has 5 rings (SSSR count). The summed E-state index contributed by atoms with van der Waals surface area (Å²) in [6, 6.07) is 15.6. The topological polar surface area (TPSA) is 104 Å². The number of methoxy groups -OCH3 is 1. The largest absolute Gasteiger partial charge is 0.495 e. The van der Waals surface area contributed by atoms with E-state index in [9.17, 15) is 4.79 Å². The van der Waals surface area contributed by atoms with Gasteiger partial charge in [0.05, 0.1) is 30.9 Å². The molecule has 3 heterocycles. The number of nitrogens with zero attached hydrogens (tertiary/aromatic N) is 2. The van der Waals surface area contributed by atoms with Gasteiger partial charge in [0, 0.05) is 29.1 Å². The third-order valence-electron chi connectivity index (χ3n) is 5.56. The lowest BCUT2D eigenvalue weighted by Gasteiger charge is -2.14. The second-order valence-corrected chi connectivity index (χ2v) is 7.76. The molecule has 32 heavy (non-hydrogen) atoms. The fourth-order valence-corrected chi connectivity index (χ4v) is 3.89. The number of nitrogens with one attached hydrogen (secondary N) is 4. The molecule has 1 saturated heterocycles. The smallest absolute Gasteiger partial charge is 0.251 e. The Morgan fingerprint density at radius 2 is 2.06 bits per heavy atom. The van der Waals surface area contributed by atoms with Crippen LogP contribution in [0.25, 0.3) is 22.3 Å². The van der Waals surface area contributed by atoms with Crippen molar-refractivity contribution in [2.24, 2.45) is 0 Å². The number of hydrogen-bond acceptors (Lipinski definition) is 6. The maximum Gasteiger partial charge on any atom is 0.251 e. The summed E-state index contributed by atoms with van der Waals surface area (Å²) in [4.78, 5) is 25.0. The van der Waals surface area contributed by atoms with E-state index < -0.39 is 0 Å². The molecule has 1 atom stereocenters. The number of fused-ring (bicyclic) bond motifs is 1. The van der Waals surface area contributed by atoms with E-state index in [1.807, 2.05) is 24.3 Å². The normalized spacial score (nSPS) is 15.6. The molecule has 1 aliphatic heterocycles. The van der Waals surface area contributed by atoms with Crippen molar-refractivity contribution in [3.8, 4) is 17.1 Å². The monoisotopic (exact) mass is 428 g/mol. The van der Waals surface area contributed by atoms with Crippen LogP contribution in [0.4, 0.5) is 11.5 Å². The van der Waals surface area contributed by atoms with Gasteiger partial charge in [-0.25, -0.2) is 4.98 Å². The van der Waals surface area contributed by atoms with Crippen LogP contribution in [0.3, 0.4) is 0 Å². The van der Waals surface area contributed by atoms with Crippen molar-refractivity contribution >= 4 is 28.3 Å². The van der Waals surface area contributed by atoms with E-state index in [2.05, 4.69) is 43.0 Å². The summed E-state index contributed by atoms with van der Waals surface area (Å²) in [6.07, 6.45) is 4.31. The van der Waals surface area contributed by atoms with E-state index in [1.165, 1.54) is 0 Å². The van der Waals surface area contributed by atoms with Crippen LogP contribution in [-0.2, 0) is 0 Å². The van der Waals surface area contributed by atoms with E-state index in [1.54, 1.807) is 31.6 Å². The summed E-state index contributed by atoms with van der Waals surface area (Å²) in [5.74, 6) is 1.03. The van der Waals surface area contributed by atoms with Crippen LogP contribution in [0.5, 0.6) is 5.75 Å². The van der Waals surface area contributed by atoms with Crippen LogP contribution in [0.1, 0.15) is 16.8 Å². The molecule has 1 fully saturated rings. The fraction of sp³-hybridized carbons (Fsp3) is 0.208. The lowest BCUT2D eigenvalue weighted by atomic mass is 10.1. The number of aromatic nitrogens is 3. The Labute approximate surface area is 185 Å². The third kappa shape index (κ3) is 4.13. The van der Waals surface area contributed by atoms with Gasteiger partial charge in [0.25, 0.3) is 5.91 Å². The lowest BCUT2D eigenvalue weighted by Crippen LogP contribution is -2.36. The highest BCUT2D eigenvalue weighted by molar-refractivity contribution is 5.95. The summed E-state index contributed by atoms with van der Waals surface area (Å²) in [5.41, 5.74) is 3.92. The number of anilines is 2. The number of amides is 1. The molecular weight excluding hydrogens is 404 g/mol. The lowest BCUT2D eigenvalue weighted by molar-refractivity contribution is 0.0939. The Balaban J connectivity index is 1.36. The second kappa shape index (κ2) is 8.68. The van der Waals surface area contributed by atoms with Crippen LogP contribution in [0, 0.1) is 0 Å². The highest BCUT2D eigenvalue weighted by Gasteiger charge is 2.18. The van der Waals surface area contributed by atoms with Gasteiger partial charge < -0.3 is 25.7 Å². The van der Waals surface area contributed by atoms with Crippen LogP contribution < -0.4 is 20.7 Å². The third-order valence-corrected chi connectivity index (χ3v) is 5.56. The molecule has 1 amide bonds. The van der Waals surface area contributed by atoms with Gasteiger partial charge in [-0.3, -0.25) is 9.78 Å². The van der Waals surface area contributed by atoms with Crippen molar-refractivity contribution in [3.05, 3.63) is 66.5 Å². The molecule has 0 aliphatic carbocycles. The van der Waals surface area contributed by atoms with Gasteiger partial charge in [-0.15, -0.1) is 0 Å². The van der Waals surface area contributed by atoms with Crippen molar-refractivity contribution in [3.63, 3.8) is 0 Å². The second-order valence-electron chi connectivity index (χ2n) is 7.76. The molecule has 1 aliphatic rings. The van der Waals surface area contributed by atoms with Gasteiger partial charge in [0.2, 0.25) is 0 Å². The Kier molecular flexibility index (Phi) is 5.43. The van der Waals surface area contributed by atoms with Crippen molar-refractivity contribution in [2.75, 3.05) is 25.5 Å². The first kappa shape index (κ1) is 20.0. The number of carbonyl (C=O) groups is 1. The predicted molar refractivity (Wildman–Crippen MR) is 124 cm³/mol. The molecule has 162 valence electrons. The van der Waals surface area contributed by atoms with E-state index in [0.29, 0.717) is 22.8 Å². The van der Waals surface area contributed by atoms with Gasteiger partial charge in [0.15, 0.2) is 0 Å². The van der Waals surface area contributed by atoms with E-state index in [-0.39, 0.29) is 11.9 Å². The standard InChI is InChI=1S/C24H24N6O2/c1-32-22-11-16(24(31)27-17-8-9-25-12-17)6-7-19(22)29-23-14-26-13-21(30-23)20-10-15-4-2-3-5-18(15)28-20/h2-7,10-11,13-14,17,25,28H,8-9,12H2,1H3,(H,27,31)(H,29,30). The minimum absolute atomic E-state index is 0.107. The Morgan fingerprint density at radius 1 is 1.16 bits per heavy atom. The van der Waals surface area contributed by atoms with Crippen LogP contribution in [0.15, 0.2) is 60.9 Å². The van der Waals surface area contributed by atoms with Crippen molar-refractivity contribution in [1.82, 2.24) is 25.6 Å². The number of carbonyl (C=O) groups excluding carboxylic acids is 1. The average Bonchev–Trinajstić information content (AvgIpc) is 3.49. The van der Waals surface area contributed by atoms with Gasteiger partial charge >= 0.3 is 0 Å². The first-order chi connectivity index (χ1) is 15.7. The highest BCUT2D eigenvalue weighted by Crippen LogP contribution is 2.29. The SMILES string of the molecule is COc1cc(C(=O)NC2CCNC2)ccc1Nc1cncc(-c2cc3ccccc3[nH]2)n1. The maximum absolute atomic E-state index is 12.6. The number of H-pyrrole nitrogens is 1. The van der Waals surface area contributed by atoms with Crippen LogP contribution in [-0.4, -0.2) is 47.1 Å². The number of benzene rings is 2. The molecular formula is C24H24N6O2. The van der Waals surface area contributed by atoms with Crippen molar-refractivity contribution in [2.45, 2.75) is 12.5 Å². The molecule has 8 nitrogen and oxygen atoms in total. The first-order valence-electron chi connectivity index (χ1n) is 10.6. The quantitative estimate of drug-likeness (QED) is 0.375. The summed E-state index contributed by atoms with van der Waals surface area (Å²) < 4.78 is 5.52. The minimum Gasteiger partial charge on any atom is -0.495 e. The molecule has 2 aromatic heterocycles. The predicted octanol–water partition coefficient (Wildman–Crippen LogP) is 3.47. The number of hydrogen-bond donors (Lipinski definition) is 4. The Morgan fingerprint density at radius 3 is 2.88 bits per heavy atom. The molecule has 4 aromatic rings. The van der Waals surface area contributed by atoms with E-state index in [0.717, 1.165) is 41.8 Å². The molecule has 2 aromatic carbocycles. The van der Waals surface area contributed by atoms with E-state index >= 15 is 0 Å². The van der Waals surface area contributed by atoms with Crippen LogP contribution in [0.2, 0.25) is 0 Å². The van der Waals surface area contributed by atoms with Crippen LogP contribution >= 0.6 is 0 Å². The zero-order valence-electron chi connectivity index (χ0n) is 17.7. The van der Waals surface area contributed by atoms with Gasteiger partial charge in [-0.1, -0.05) is 18.2 Å². The Bertz CT molecular complexity index is 1230. The zero-order chi connectivity index (χ0) is 21.9. The van der Waals surface area contributed by atoms with E-state index in [4.69, 9.17) is 4.74 Å². The van der Waals surface area contributed by atoms with Gasteiger partial charge in [-0.05, 0) is 43.3 Å². The average molecular weight is 428 g/mol. The zero-order valence-corrected chi connectivity index (χ0v) is 17.7. The molecule has 0 spiro atoms. The van der Waals surface area contributed by atoms with Gasteiger partial charge in [0.1, 0.15) is 17.3 Å².